The lowest BCUT2D eigenvalue weighted by atomic mass is 9.98. The first-order valence-corrected chi connectivity index (χ1v) is 10.5. The zero-order valence-electron chi connectivity index (χ0n) is 18.1. The summed E-state index contributed by atoms with van der Waals surface area (Å²) in [7, 11) is 0. The Morgan fingerprint density at radius 3 is 2.47 bits per heavy atom. The average Bonchev–Trinajstić information content (AvgIpc) is 3.22. The predicted molar refractivity (Wildman–Crippen MR) is 126 cm³/mol. The quantitative estimate of drug-likeness (QED) is 0.227. The fourth-order valence-corrected chi connectivity index (χ4v) is 3.66. The standard InChI is InChI=1S/C27H23N3O2/c1-3-27(31)32-29-25(16-21-9-5-4-8-19(21)2)24-18-30(26-11-7-6-10-23(24)26)22-14-12-20(17-28)13-15-22/h4-15,18H,3,16H2,1-2H3/b29-25+. The molecule has 0 aliphatic rings. The van der Waals surface area contributed by atoms with Crippen LogP contribution in [-0.2, 0) is 16.1 Å². The minimum atomic E-state index is -0.372. The Hall–Kier alpha value is -4.17. The average molecular weight is 422 g/mol. The van der Waals surface area contributed by atoms with E-state index in [1.54, 1.807) is 19.1 Å². The Bertz CT molecular complexity index is 1340. The number of carbonyl (C=O) groups is 1. The number of nitriles is 1. The third kappa shape index (κ3) is 4.30. The van der Waals surface area contributed by atoms with Gasteiger partial charge in [-0.25, -0.2) is 4.79 Å². The van der Waals surface area contributed by atoms with E-state index in [1.165, 1.54) is 0 Å². The molecule has 0 amide bonds. The molecule has 4 rings (SSSR count). The molecule has 0 aliphatic carbocycles. The van der Waals surface area contributed by atoms with Crippen molar-refractivity contribution in [2.24, 2.45) is 5.16 Å². The van der Waals surface area contributed by atoms with E-state index in [4.69, 9.17) is 10.1 Å². The molecule has 0 saturated heterocycles. The fourth-order valence-electron chi connectivity index (χ4n) is 3.66. The molecule has 0 N–H and O–H groups in total. The van der Waals surface area contributed by atoms with Gasteiger partial charge in [-0.3, -0.25) is 0 Å². The Labute approximate surface area is 187 Å². The normalized spacial score (nSPS) is 11.3. The van der Waals surface area contributed by atoms with Crippen molar-refractivity contribution in [2.45, 2.75) is 26.7 Å². The Balaban J connectivity index is 1.85. The van der Waals surface area contributed by atoms with Gasteiger partial charge in [0.1, 0.15) is 0 Å². The van der Waals surface area contributed by atoms with Gasteiger partial charge in [-0.05, 0) is 48.4 Å². The summed E-state index contributed by atoms with van der Waals surface area (Å²) in [6.45, 7) is 3.81. The van der Waals surface area contributed by atoms with Gasteiger partial charge in [0, 0.05) is 35.7 Å². The van der Waals surface area contributed by atoms with Crippen LogP contribution in [0.5, 0.6) is 0 Å². The topological polar surface area (TPSA) is 67.4 Å². The van der Waals surface area contributed by atoms with E-state index in [1.807, 2.05) is 54.7 Å². The molecule has 0 radical (unpaired) electrons. The molecule has 5 heteroatoms. The molecule has 0 atom stereocenters. The number of aromatic nitrogens is 1. The van der Waals surface area contributed by atoms with E-state index in [-0.39, 0.29) is 12.4 Å². The van der Waals surface area contributed by atoms with Gasteiger partial charge in [0.15, 0.2) is 0 Å². The maximum absolute atomic E-state index is 11.9. The molecular formula is C27H23N3O2. The summed E-state index contributed by atoms with van der Waals surface area (Å²) in [6.07, 6.45) is 2.81. The van der Waals surface area contributed by atoms with Gasteiger partial charge in [0.05, 0.1) is 22.9 Å². The number of benzene rings is 3. The highest BCUT2D eigenvalue weighted by atomic mass is 16.7. The molecule has 0 aliphatic heterocycles. The molecule has 0 unspecified atom stereocenters. The van der Waals surface area contributed by atoms with E-state index >= 15 is 0 Å². The first-order valence-electron chi connectivity index (χ1n) is 10.5. The smallest absolute Gasteiger partial charge is 0.318 e. The van der Waals surface area contributed by atoms with Crippen LogP contribution in [0.4, 0.5) is 0 Å². The van der Waals surface area contributed by atoms with Crippen LogP contribution < -0.4 is 0 Å². The van der Waals surface area contributed by atoms with Gasteiger partial charge in [0.25, 0.3) is 0 Å². The highest BCUT2D eigenvalue weighted by Gasteiger charge is 2.17. The lowest BCUT2D eigenvalue weighted by Gasteiger charge is -2.08. The molecule has 0 bridgehead atoms. The minimum absolute atomic E-state index is 0.258. The first-order chi connectivity index (χ1) is 15.6. The number of rotatable bonds is 6. The Kier molecular flexibility index (Phi) is 6.14. The highest BCUT2D eigenvalue weighted by molar-refractivity contribution is 6.12. The molecule has 158 valence electrons. The van der Waals surface area contributed by atoms with Crippen LogP contribution in [0.15, 0.2) is 84.1 Å². The van der Waals surface area contributed by atoms with Gasteiger partial charge in [-0.1, -0.05) is 54.5 Å². The van der Waals surface area contributed by atoms with Crippen molar-refractivity contribution in [3.8, 4) is 11.8 Å². The summed E-state index contributed by atoms with van der Waals surface area (Å²) in [6, 6.07) is 25.8. The molecule has 32 heavy (non-hydrogen) atoms. The lowest BCUT2D eigenvalue weighted by molar-refractivity contribution is -0.143. The number of hydrogen-bond donors (Lipinski definition) is 0. The van der Waals surface area contributed by atoms with Crippen molar-refractivity contribution in [2.75, 3.05) is 0 Å². The van der Waals surface area contributed by atoms with Gasteiger partial charge in [0.2, 0.25) is 0 Å². The van der Waals surface area contributed by atoms with Crippen molar-refractivity contribution in [3.63, 3.8) is 0 Å². The van der Waals surface area contributed by atoms with Crippen LogP contribution in [0, 0.1) is 18.3 Å². The third-order valence-corrected chi connectivity index (χ3v) is 5.46. The molecule has 5 nitrogen and oxygen atoms in total. The highest BCUT2D eigenvalue weighted by Crippen LogP contribution is 2.27. The summed E-state index contributed by atoms with van der Waals surface area (Å²) in [5.74, 6) is -0.372. The lowest BCUT2D eigenvalue weighted by Crippen LogP contribution is -2.09. The van der Waals surface area contributed by atoms with E-state index in [2.05, 4.69) is 34.8 Å². The molecule has 1 heterocycles. The van der Waals surface area contributed by atoms with Crippen molar-refractivity contribution >= 4 is 22.6 Å². The molecule has 0 fully saturated rings. The van der Waals surface area contributed by atoms with Crippen LogP contribution in [0.1, 0.15) is 35.6 Å². The summed E-state index contributed by atoms with van der Waals surface area (Å²) in [5.41, 5.74) is 6.41. The largest absolute Gasteiger partial charge is 0.334 e. The second-order valence-corrected chi connectivity index (χ2v) is 7.55. The second kappa shape index (κ2) is 9.32. The number of carbonyl (C=O) groups excluding carboxylic acids is 1. The molecule has 1 aromatic heterocycles. The molecular weight excluding hydrogens is 398 g/mol. The van der Waals surface area contributed by atoms with Gasteiger partial charge in [-0.2, -0.15) is 5.26 Å². The third-order valence-electron chi connectivity index (χ3n) is 5.46. The number of nitrogens with zero attached hydrogens (tertiary/aromatic N) is 3. The second-order valence-electron chi connectivity index (χ2n) is 7.55. The van der Waals surface area contributed by atoms with Crippen molar-refractivity contribution in [1.29, 1.82) is 5.26 Å². The zero-order chi connectivity index (χ0) is 22.5. The summed E-state index contributed by atoms with van der Waals surface area (Å²) in [5, 5.41) is 14.4. The van der Waals surface area contributed by atoms with Gasteiger partial charge < -0.3 is 9.40 Å². The molecule has 3 aromatic carbocycles. The first kappa shape index (κ1) is 21.1. The molecule has 4 aromatic rings. The van der Waals surface area contributed by atoms with E-state index < -0.39 is 0 Å². The Morgan fingerprint density at radius 2 is 1.75 bits per heavy atom. The fraction of sp³-hybridized carbons (Fsp3) is 0.148. The van der Waals surface area contributed by atoms with Gasteiger partial charge >= 0.3 is 5.97 Å². The number of fused-ring (bicyclic) bond motifs is 1. The van der Waals surface area contributed by atoms with E-state index in [0.717, 1.165) is 33.3 Å². The van der Waals surface area contributed by atoms with Crippen molar-refractivity contribution in [3.05, 3.63) is 101 Å². The summed E-state index contributed by atoms with van der Waals surface area (Å²) in [4.78, 5) is 17.1. The van der Waals surface area contributed by atoms with E-state index in [9.17, 15) is 4.79 Å². The predicted octanol–water partition coefficient (Wildman–Crippen LogP) is 5.71. The van der Waals surface area contributed by atoms with Crippen LogP contribution in [0.2, 0.25) is 0 Å². The molecule has 0 spiro atoms. The number of aryl methyl sites for hydroxylation is 1. The number of hydrogen-bond acceptors (Lipinski definition) is 4. The van der Waals surface area contributed by atoms with Crippen LogP contribution in [-0.4, -0.2) is 16.2 Å². The van der Waals surface area contributed by atoms with E-state index in [0.29, 0.717) is 17.7 Å². The van der Waals surface area contributed by atoms with Crippen LogP contribution >= 0.6 is 0 Å². The van der Waals surface area contributed by atoms with Crippen molar-refractivity contribution in [1.82, 2.24) is 4.57 Å². The number of oxime groups is 1. The van der Waals surface area contributed by atoms with Crippen LogP contribution in [0.3, 0.4) is 0 Å². The van der Waals surface area contributed by atoms with Crippen molar-refractivity contribution < 1.29 is 9.63 Å². The summed E-state index contributed by atoms with van der Waals surface area (Å²) >= 11 is 0. The van der Waals surface area contributed by atoms with Crippen LogP contribution in [0.25, 0.3) is 16.6 Å². The zero-order valence-corrected chi connectivity index (χ0v) is 18.1. The SMILES string of the molecule is CCC(=O)O/N=C(\Cc1ccccc1C)c1cn(-c2ccc(C#N)cc2)c2ccccc12. The monoisotopic (exact) mass is 421 g/mol. The maximum Gasteiger partial charge on any atom is 0.334 e. The summed E-state index contributed by atoms with van der Waals surface area (Å²) < 4.78 is 2.07. The number of para-hydroxylation sites is 1. The maximum atomic E-state index is 11.9. The Morgan fingerprint density at radius 1 is 1.03 bits per heavy atom. The minimum Gasteiger partial charge on any atom is -0.318 e. The van der Waals surface area contributed by atoms with Gasteiger partial charge in [-0.15, -0.1) is 0 Å². The molecule has 0 saturated carbocycles.